The molecule has 1 aliphatic rings. The summed E-state index contributed by atoms with van der Waals surface area (Å²) in [6, 6.07) is 1.43. The SMILES string of the molecule is O=C(O)C[C@H]1C(c2ccc(C(=O)O)[nH]c2=O)CN[C@@H]1C(=O)O. The standard InChI is InChI=1S/C13H14N2O7/c16-9(17)3-6-7(4-14-10(6)13(21)22)5-1-2-8(12(19)20)15-11(5)18/h1-2,6-7,10,14H,3-4H2,(H,15,18)(H,16,17)(H,19,20)(H,21,22)/t6-,7?,10-/m0/s1. The van der Waals surface area contributed by atoms with E-state index in [0.29, 0.717) is 0 Å². The molecule has 2 heterocycles. The van der Waals surface area contributed by atoms with Crippen molar-refractivity contribution in [3.05, 3.63) is 33.7 Å². The first-order chi connectivity index (χ1) is 10.3. The number of hydrogen-bond donors (Lipinski definition) is 5. The summed E-state index contributed by atoms with van der Waals surface area (Å²) in [5, 5.41) is 29.6. The number of aromatic amines is 1. The van der Waals surface area contributed by atoms with Crippen molar-refractivity contribution in [2.45, 2.75) is 18.4 Å². The van der Waals surface area contributed by atoms with E-state index in [2.05, 4.69) is 10.3 Å². The molecule has 1 saturated heterocycles. The van der Waals surface area contributed by atoms with Crippen LogP contribution in [0.2, 0.25) is 0 Å². The number of aromatic nitrogens is 1. The van der Waals surface area contributed by atoms with Crippen LogP contribution >= 0.6 is 0 Å². The van der Waals surface area contributed by atoms with Crippen molar-refractivity contribution in [2.24, 2.45) is 5.92 Å². The summed E-state index contributed by atoms with van der Waals surface area (Å²) in [5.74, 6) is -5.06. The number of hydrogen-bond acceptors (Lipinski definition) is 5. The maximum Gasteiger partial charge on any atom is 0.352 e. The van der Waals surface area contributed by atoms with Gasteiger partial charge in [0.2, 0.25) is 0 Å². The van der Waals surface area contributed by atoms with E-state index in [4.69, 9.17) is 15.3 Å². The van der Waals surface area contributed by atoms with Gasteiger partial charge in [-0.25, -0.2) is 4.79 Å². The summed E-state index contributed by atoms with van der Waals surface area (Å²) in [6.45, 7) is 0.129. The summed E-state index contributed by atoms with van der Waals surface area (Å²) in [7, 11) is 0. The maximum absolute atomic E-state index is 12.0. The van der Waals surface area contributed by atoms with Crippen molar-refractivity contribution >= 4 is 17.9 Å². The number of aromatic carboxylic acids is 1. The molecule has 0 saturated carbocycles. The molecule has 1 unspecified atom stereocenters. The molecule has 3 atom stereocenters. The highest BCUT2D eigenvalue weighted by Crippen LogP contribution is 2.33. The molecule has 5 N–H and O–H groups in total. The van der Waals surface area contributed by atoms with Gasteiger partial charge in [-0.15, -0.1) is 0 Å². The highest BCUT2D eigenvalue weighted by atomic mass is 16.4. The largest absolute Gasteiger partial charge is 0.481 e. The van der Waals surface area contributed by atoms with E-state index in [0.717, 1.165) is 0 Å². The Hall–Kier alpha value is -2.68. The molecule has 9 heteroatoms. The monoisotopic (exact) mass is 310 g/mol. The Morgan fingerprint density at radius 1 is 1.18 bits per heavy atom. The Morgan fingerprint density at radius 2 is 1.86 bits per heavy atom. The Bertz CT molecular complexity index is 681. The first-order valence-corrected chi connectivity index (χ1v) is 6.45. The highest BCUT2D eigenvalue weighted by molar-refractivity contribution is 5.85. The van der Waals surface area contributed by atoms with Crippen LogP contribution in [0.25, 0.3) is 0 Å². The second-order valence-electron chi connectivity index (χ2n) is 5.05. The molecule has 1 aromatic rings. The summed E-state index contributed by atoms with van der Waals surface area (Å²) >= 11 is 0. The first-order valence-electron chi connectivity index (χ1n) is 6.45. The predicted octanol–water partition coefficient (Wildman–Crippen LogP) is -0.696. The van der Waals surface area contributed by atoms with Gasteiger partial charge in [-0.1, -0.05) is 6.07 Å². The lowest BCUT2D eigenvalue weighted by Crippen LogP contribution is -2.37. The number of pyridine rings is 1. The zero-order valence-corrected chi connectivity index (χ0v) is 11.3. The van der Waals surface area contributed by atoms with Gasteiger partial charge < -0.3 is 25.6 Å². The van der Waals surface area contributed by atoms with Crippen molar-refractivity contribution in [1.29, 1.82) is 0 Å². The van der Waals surface area contributed by atoms with Crippen LogP contribution in [-0.2, 0) is 9.59 Å². The molecule has 0 radical (unpaired) electrons. The Balaban J connectivity index is 2.38. The first kappa shape index (κ1) is 15.7. The molecule has 1 aromatic heterocycles. The second kappa shape index (κ2) is 5.98. The van der Waals surface area contributed by atoms with E-state index >= 15 is 0 Å². The van der Waals surface area contributed by atoms with Gasteiger partial charge in [-0.2, -0.15) is 0 Å². The fourth-order valence-electron chi connectivity index (χ4n) is 2.76. The normalized spacial score (nSPS) is 24.1. The average molecular weight is 310 g/mol. The van der Waals surface area contributed by atoms with Gasteiger partial charge in [0.05, 0.1) is 6.42 Å². The number of carboxylic acids is 3. The van der Waals surface area contributed by atoms with E-state index < -0.39 is 47.8 Å². The number of H-pyrrole nitrogens is 1. The summed E-state index contributed by atoms with van der Waals surface area (Å²) < 4.78 is 0. The maximum atomic E-state index is 12.0. The van der Waals surface area contributed by atoms with Crippen molar-refractivity contribution in [1.82, 2.24) is 10.3 Å². The molecule has 0 amide bonds. The van der Waals surface area contributed by atoms with Gasteiger partial charge in [0.1, 0.15) is 11.7 Å². The van der Waals surface area contributed by atoms with E-state index in [1.807, 2.05) is 0 Å². The molecular formula is C13H14N2O7. The molecule has 22 heavy (non-hydrogen) atoms. The molecule has 9 nitrogen and oxygen atoms in total. The number of nitrogens with one attached hydrogen (secondary N) is 2. The van der Waals surface area contributed by atoms with E-state index in [9.17, 15) is 19.2 Å². The van der Waals surface area contributed by atoms with Crippen LogP contribution < -0.4 is 10.9 Å². The predicted molar refractivity (Wildman–Crippen MR) is 71.9 cm³/mol. The second-order valence-corrected chi connectivity index (χ2v) is 5.05. The molecule has 118 valence electrons. The molecule has 1 aliphatic heterocycles. The molecule has 0 spiro atoms. The van der Waals surface area contributed by atoms with E-state index in [1.165, 1.54) is 12.1 Å². The van der Waals surface area contributed by atoms with Gasteiger partial charge >= 0.3 is 17.9 Å². The Morgan fingerprint density at radius 3 is 2.36 bits per heavy atom. The van der Waals surface area contributed by atoms with Crippen molar-refractivity contribution in [3.63, 3.8) is 0 Å². The fourth-order valence-corrected chi connectivity index (χ4v) is 2.76. The molecule has 0 aromatic carbocycles. The smallest absolute Gasteiger partial charge is 0.352 e. The van der Waals surface area contributed by atoms with Crippen LogP contribution in [0.4, 0.5) is 0 Å². The van der Waals surface area contributed by atoms with E-state index in [1.54, 1.807) is 0 Å². The number of carboxylic acid groups (broad SMARTS) is 3. The minimum absolute atomic E-state index is 0.129. The van der Waals surface area contributed by atoms with Gasteiger partial charge in [0.25, 0.3) is 5.56 Å². The van der Waals surface area contributed by atoms with Crippen LogP contribution in [0, 0.1) is 5.92 Å². The van der Waals surface area contributed by atoms with Crippen LogP contribution in [0.5, 0.6) is 0 Å². The Labute approximate surface area is 123 Å². The molecule has 0 bridgehead atoms. The van der Waals surface area contributed by atoms with Crippen LogP contribution in [-0.4, -0.2) is 50.8 Å². The topological polar surface area (TPSA) is 157 Å². The van der Waals surface area contributed by atoms with Crippen molar-refractivity contribution in [2.75, 3.05) is 6.54 Å². The molecule has 1 fully saturated rings. The lowest BCUT2D eigenvalue weighted by molar-refractivity contribution is -0.142. The third kappa shape index (κ3) is 2.98. The summed E-state index contributed by atoms with van der Waals surface area (Å²) in [4.78, 5) is 47.1. The van der Waals surface area contributed by atoms with Gasteiger partial charge in [-0.3, -0.25) is 14.4 Å². The van der Waals surface area contributed by atoms with Gasteiger partial charge in [0.15, 0.2) is 0 Å². The lowest BCUT2D eigenvalue weighted by Gasteiger charge is -2.19. The number of aliphatic carboxylic acids is 2. The van der Waals surface area contributed by atoms with Crippen molar-refractivity contribution in [3.8, 4) is 0 Å². The quantitative estimate of drug-likeness (QED) is 0.478. The zero-order chi connectivity index (χ0) is 16.4. The average Bonchev–Trinajstić information content (AvgIpc) is 2.81. The Kier molecular flexibility index (Phi) is 4.27. The summed E-state index contributed by atoms with van der Waals surface area (Å²) in [5.41, 5.74) is -0.773. The third-order valence-electron chi connectivity index (χ3n) is 3.75. The number of rotatable bonds is 5. The van der Waals surface area contributed by atoms with Crippen LogP contribution in [0.15, 0.2) is 16.9 Å². The molecule has 2 rings (SSSR count). The summed E-state index contributed by atoms with van der Waals surface area (Å²) in [6.07, 6.45) is -0.408. The minimum Gasteiger partial charge on any atom is -0.481 e. The fraction of sp³-hybridized carbons (Fsp3) is 0.385. The lowest BCUT2D eigenvalue weighted by atomic mass is 9.83. The highest BCUT2D eigenvalue weighted by Gasteiger charge is 2.42. The molecule has 0 aliphatic carbocycles. The van der Waals surface area contributed by atoms with Crippen molar-refractivity contribution < 1.29 is 29.7 Å². The van der Waals surface area contributed by atoms with Crippen LogP contribution in [0.3, 0.4) is 0 Å². The van der Waals surface area contributed by atoms with E-state index in [-0.39, 0.29) is 17.8 Å². The van der Waals surface area contributed by atoms with Crippen LogP contribution in [0.1, 0.15) is 28.4 Å². The minimum atomic E-state index is -1.29. The molecular weight excluding hydrogens is 296 g/mol. The number of carbonyl (C=O) groups is 3. The third-order valence-corrected chi connectivity index (χ3v) is 3.75. The zero-order valence-electron chi connectivity index (χ0n) is 11.3. The van der Waals surface area contributed by atoms with Gasteiger partial charge in [0, 0.05) is 23.9 Å². The van der Waals surface area contributed by atoms with Gasteiger partial charge in [-0.05, 0) is 6.07 Å².